The van der Waals surface area contributed by atoms with Crippen LogP contribution >= 0.6 is 0 Å². The number of para-hydroxylation sites is 1. The van der Waals surface area contributed by atoms with Gasteiger partial charge in [0.25, 0.3) is 0 Å². The second-order valence-corrected chi connectivity index (χ2v) is 8.93. The van der Waals surface area contributed by atoms with Crippen molar-refractivity contribution in [1.82, 2.24) is 23.9 Å². The molecule has 0 atom stereocenters. The number of rotatable bonds is 3. The topological polar surface area (TPSA) is 80.5 Å². The van der Waals surface area contributed by atoms with Crippen molar-refractivity contribution in [2.45, 2.75) is 23.7 Å². The molecule has 1 aliphatic rings. The Kier molecular flexibility index (Phi) is 4.10. The number of benzene rings is 2. The fraction of sp³-hybridized carbons (Fsp3) is 0.250. The summed E-state index contributed by atoms with van der Waals surface area (Å²) in [5.41, 5.74) is 1.68. The molecule has 0 amide bonds. The molecule has 1 fully saturated rings. The van der Waals surface area contributed by atoms with E-state index in [1.54, 1.807) is 39.4 Å². The lowest BCUT2D eigenvalue weighted by Crippen LogP contribution is -2.38. The second-order valence-electron chi connectivity index (χ2n) is 6.99. The number of sulfonamides is 1. The molecule has 0 radical (unpaired) electrons. The Balaban J connectivity index is 1.39. The SMILES string of the molecule is O=S(=O)(c1ccccc1)N1CCC(c2nc3c4ccccc4ncn3n2)CC1. The van der Waals surface area contributed by atoms with Gasteiger partial charge >= 0.3 is 0 Å². The van der Waals surface area contributed by atoms with Crippen molar-refractivity contribution < 1.29 is 8.42 Å². The summed E-state index contributed by atoms with van der Waals surface area (Å²) in [5, 5.41) is 5.57. The van der Waals surface area contributed by atoms with Crippen LogP contribution < -0.4 is 0 Å². The Morgan fingerprint density at radius 2 is 1.64 bits per heavy atom. The number of hydrogen-bond donors (Lipinski definition) is 0. The van der Waals surface area contributed by atoms with Crippen molar-refractivity contribution >= 4 is 26.6 Å². The third kappa shape index (κ3) is 2.85. The van der Waals surface area contributed by atoms with E-state index >= 15 is 0 Å². The molecule has 0 aliphatic carbocycles. The predicted molar refractivity (Wildman–Crippen MR) is 105 cm³/mol. The molecular weight excluding hydrogens is 374 g/mol. The van der Waals surface area contributed by atoms with E-state index in [9.17, 15) is 8.42 Å². The summed E-state index contributed by atoms with van der Waals surface area (Å²) in [6.45, 7) is 0.937. The molecule has 142 valence electrons. The van der Waals surface area contributed by atoms with Gasteiger partial charge in [-0.05, 0) is 37.1 Å². The van der Waals surface area contributed by atoms with Gasteiger partial charge in [0.05, 0.1) is 10.4 Å². The monoisotopic (exact) mass is 393 g/mol. The van der Waals surface area contributed by atoms with E-state index in [0.29, 0.717) is 30.8 Å². The van der Waals surface area contributed by atoms with Gasteiger partial charge in [0.15, 0.2) is 11.5 Å². The Bertz CT molecular complexity index is 1250. The highest BCUT2D eigenvalue weighted by Gasteiger charge is 2.31. The van der Waals surface area contributed by atoms with Crippen molar-refractivity contribution in [1.29, 1.82) is 0 Å². The molecule has 2 aromatic heterocycles. The smallest absolute Gasteiger partial charge is 0.236 e. The lowest BCUT2D eigenvalue weighted by molar-refractivity contribution is 0.313. The molecule has 0 saturated carbocycles. The maximum atomic E-state index is 12.8. The first-order valence-electron chi connectivity index (χ1n) is 9.28. The molecule has 0 bridgehead atoms. The molecule has 1 aliphatic heterocycles. The molecule has 2 aromatic carbocycles. The molecule has 0 spiro atoms. The fourth-order valence-electron chi connectivity index (χ4n) is 3.76. The molecular formula is C20H19N5O2S. The summed E-state index contributed by atoms with van der Waals surface area (Å²) in [6, 6.07) is 16.5. The fourth-order valence-corrected chi connectivity index (χ4v) is 5.26. The van der Waals surface area contributed by atoms with Crippen molar-refractivity contribution in [3.8, 4) is 0 Å². The van der Waals surface area contributed by atoms with Gasteiger partial charge in [-0.25, -0.2) is 22.9 Å². The highest BCUT2D eigenvalue weighted by atomic mass is 32.2. The van der Waals surface area contributed by atoms with Gasteiger partial charge in [0, 0.05) is 24.4 Å². The van der Waals surface area contributed by atoms with E-state index in [1.165, 1.54) is 0 Å². The average Bonchev–Trinajstić information content (AvgIpc) is 3.19. The van der Waals surface area contributed by atoms with Crippen LogP contribution in [0.3, 0.4) is 0 Å². The first-order chi connectivity index (χ1) is 13.6. The van der Waals surface area contributed by atoms with Gasteiger partial charge in [-0.2, -0.15) is 4.31 Å². The number of nitrogens with zero attached hydrogens (tertiary/aromatic N) is 5. The van der Waals surface area contributed by atoms with Gasteiger partial charge in [-0.1, -0.05) is 30.3 Å². The summed E-state index contributed by atoms with van der Waals surface area (Å²) in [4.78, 5) is 9.52. The van der Waals surface area contributed by atoms with Crippen LogP contribution in [0, 0.1) is 0 Å². The zero-order valence-corrected chi connectivity index (χ0v) is 16.0. The molecule has 4 aromatic rings. The van der Waals surface area contributed by atoms with E-state index in [-0.39, 0.29) is 5.92 Å². The largest absolute Gasteiger partial charge is 0.243 e. The van der Waals surface area contributed by atoms with Crippen LogP contribution in [0.25, 0.3) is 16.6 Å². The summed E-state index contributed by atoms with van der Waals surface area (Å²) in [7, 11) is -3.44. The van der Waals surface area contributed by atoms with Crippen LogP contribution in [-0.4, -0.2) is 45.4 Å². The van der Waals surface area contributed by atoms with E-state index in [0.717, 1.165) is 22.4 Å². The minimum absolute atomic E-state index is 0.140. The Morgan fingerprint density at radius 3 is 2.43 bits per heavy atom. The third-order valence-corrected chi connectivity index (χ3v) is 7.21. The third-order valence-electron chi connectivity index (χ3n) is 5.30. The molecule has 1 saturated heterocycles. The summed E-state index contributed by atoms with van der Waals surface area (Å²) in [5.74, 6) is 0.899. The number of piperidine rings is 1. The minimum Gasteiger partial charge on any atom is -0.236 e. The van der Waals surface area contributed by atoms with Gasteiger partial charge in [0.2, 0.25) is 10.0 Å². The molecule has 8 heteroatoms. The number of hydrogen-bond acceptors (Lipinski definition) is 5. The summed E-state index contributed by atoms with van der Waals surface area (Å²) >= 11 is 0. The van der Waals surface area contributed by atoms with Crippen LogP contribution in [0.4, 0.5) is 0 Å². The average molecular weight is 393 g/mol. The summed E-state index contributed by atoms with van der Waals surface area (Å²) in [6.07, 6.45) is 3.09. The van der Waals surface area contributed by atoms with Crippen molar-refractivity contribution in [2.24, 2.45) is 0 Å². The van der Waals surface area contributed by atoms with Gasteiger partial charge < -0.3 is 0 Å². The Labute approximate surface area is 162 Å². The first kappa shape index (κ1) is 17.3. The zero-order chi connectivity index (χ0) is 19.1. The molecule has 7 nitrogen and oxygen atoms in total. The van der Waals surface area contributed by atoms with Crippen molar-refractivity contribution in [3.05, 3.63) is 66.7 Å². The normalized spacial score (nSPS) is 16.7. The van der Waals surface area contributed by atoms with Gasteiger partial charge in [-0.3, -0.25) is 0 Å². The molecule has 0 unspecified atom stereocenters. The summed E-state index contributed by atoms with van der Waals surface area (Å²) < 4.78 is 28.9. The number of aromatic nitrogens is 4. The minimum atomic E-state index is -3.44. The Hall–Kier alpha value is -2.84. The first-order valence-corrected chi connectivity index (χ1v) is 10.7. The highest BCUT2D eigenvalue weighted by Crippen LogP contribution is 2.30. The van der Waals surface area contributed by atoms with Crippen LogP contribution in [0.1, 0.15) is 24.6 Å². The van der Waals surface area contributed by atoms with Gasteiger partial charge in [-0.15, -0.1) is 5.10 Å². The molecule has 0 N–H and O–H groups in total. The highest BCUT2D eigenvalue weighted by molar-refractivity contribution is 7.89. The maximum Gasteiger partial charge on any atom is 0.243 e. The van der Waals surface area contributed by atoms with E-state index < -0.39 is 10.0 Å². The van der Waals surface area contributed by atoms with Crippen LogP contribution in [-0.2, 0) is 10.0 Å². The zero-order valence-electron chi connectivity index (χ0n) is 15.1. The quantitative estimate of drug-likeness (QED) is 0.535. The van der Waals surface area contributed by atoms with Crippen molar-refractivity contribution in [3.63, 3.8) is 0 Å². The second kappa shape index (κ2) is 6.65. The lowest BCUT2D eigenvalue weighted by atomic mass is 9.98. The van der Waals surface area contributed by atoms with Crippen LogP contribution in [0.5, 0.6) is 0 Å². The molecule has 5 rings (SSSR count). The standard InChI is InChI=1S/C20H19N5O2S/c26-28(27,16-6-2-1-3-7-16)24-12-10-15(11-13-24)19-22-20-17-8-4-5-9-18(17)21-14-25(20)23-19/h1-9,14-15H,10-13H2. The molecule has 28 heavy (non-hydrogen) atoms. The number of fused-ring (bicyclic) bond motifs is 3. The van der Waals surface area contributed by atoms with E-state index in [4.69, 9.17) is 4.98 Å². The van der Waals surface area contributed by atoms with Crippen molar-refractivity contribution in [2.75, 3.05) is 13.1 Å². The molecule has 3 heterocycles. The predicted octanol–water partition coefficient (Wildman–Crippen LogP) is 2.85. The maximum absolute atomic E-state index is 12.8. The lowest BCUT2D eigenvalue weighted by Gasteiger charge is -2.29. The van der Waals surface area contributed by atoms with Crippen LogP contribution in [0.2, 0.25) is 0 Å². The van der Waals surface area contributed by atoms with Gasteiger partial charge in [0.1, 0.15) is 6.33 Å². The van der Waals surface area contributed by atoms with E-state index in [2.05, 4.69) is 10.1 Å². The van der Waals surface area contributed by atoms with E-state index in [1.807, 2.05) is 30.3 Å². The van der Waals surface area contributed by atoms with Crippen LogP contribution in [0.15, 0.2) is 65.8 Å². The Morgan fingerprint density at radius 1 is 0.929 bits per heavy atom.